The first-order valence-electron chi connectivity index (χ1n) is 5.30. The summed E-state index contributed by atoms with van der Waals surface area (Å²) >= 11 is 0. The number of benzene rings is 1. The summed E-state index contributed by atoms with van der Waals surface area (Å²) in [5.74, 6) is 0.123. The Morgan fingerprint density at radius 3 is 2.44 bits per heavy atom. The van der Waals surface area contributed by atoms with Crippen molar-refractivity contribution in [2.24, 2.45) is 0 Å². The van der Waals surface area contributed by atoms with Gasteiger partial charge < -0.3 is 5.32 Å². The summed E-state index contributed by atoms with van der Waals surface area (Å²) in [6.45, 7) is 1.28. The third-order valence-electron chi connectivity index (χ3n) is 2.29. The molecule has 1 aromatic carbocycles. The molecule has 1 rings (SSSR count). The highest BCUT2D eigenvalue weighted by Crippen LogP contribution is 1.97. The summed E-state index contributed by atoms with van der Waals surface area (Å²) in [5, 5.41) is 3.11. The van der Waals surface area contributed by atoms with E-state index in [9.17, 15) is 8.42 Å². The molecule has 0 aromatic heterocycles. The minimum atomic E-state index is -3.08. The largest absolute Gasteiger partial charge is 0.315 e. The third-order valence-corrected chi connectivity index (χ3v) is 3.66. The fourth-order valence-electron chi connectivity index (χ4n) is 1.31. The average molecular weight is 242 g/mol. The molecule has 0 radical (unpaired) electrons. The lowest BCUT2D eigenvalue weighted by Crippen LogP contribution is -2.30. The Balaban J connectivity index is 2.14. The SMILES string of the molecule is CNS(=O)(=O)CCNCCc1ccccc1. The predicted octanol–water partition coefficient (Wildman–Crippen LogP) is 0.368. The Hall–Kier alpha value is -0.910. The van der Waals surface area contributed by atoms with Gasteiger partial charge in [-0.05, 0) is 25.6 Å². The molecule has 0 unspecified atom stereocenters. The topological polar surface area (TPSA) is 58.2 Å². The minimum Gasteiger partial charge on any atom is -0.315 e. The minimum absolute atomic E-state index is 0.123. The molecule has 0 heterocycles. The highest BCUT2D eigenvalue weighted by Gasteiger charge is 2.04. The van der Waals surface area contributed by atoms with Crippen LogP contribution in [0.2, 0.25) is 0 Å². The summed E-state index contributed by atoms with van der Waals surface area (Å²) in [4.78, 5) is 0. The van der Waals surface area contributed by atoms with Crippen molar-refractivity contribution in [1.29, 1.82) is 0 Å². The predicted molar refractivity (Wildman–Crippen MR) is 65.9 cm³/mol. The Labute approximate surface area is 97.1 Å². The summed E-state index contributed by atoms with van der Waals surface area (Å²) < 4.78 is 24.4. The van der Waals surface area contributed by atoms with Crippen LogP contribution in [0, 0.1) is 0 Å². The zero-order chi connectivity index (χ0) is 11.9. The van der Waals surface area contributed by atoms with Crippen molar-refractivity contribution in [1.82, 2.24) is 10.0 Å². The summed E-state index contributed by atoms with van der Waals surface area (Å²) in [6, 6.07) is 10.1. The van der Waals surface area contributed by atoms with Gasteiger partial charge in [0.05, 0.1) is 5.75 Å². The van der Waals surface area contributed by atoms with Crippen molar-refractivity contribution in [3.63, 3.8) is 0 Å². The molecule has 5 heteroatoms. The Morgan fingerprint density at radius 2 is 1.81 bits per heavy atom. The van der Waals surface area contributed by atoms with E-state index in [2.05, 4.69) is 22.2 Å². The van der Waals surface area contributed by atoms with E-state index in [1.807, 2.05) is 18.2 Å². The first kappa shape index (κ1) is 13.2. The lowest BCUT2D eigenvalue weighted by molar-refractivity contribution is 0.583. The Kier molecular flexibility index (Phi) is 5.45. The molecule has 90 valence electrons. The van der Waals surface area contributed by atoms with Crippen LogP contribution in [0.1, 0.15) is 5.56 Å². The monoisotopic (exact) mass is 242 g/mol. The Morgan fingerprint density at radius 1 is 1.12 bits per heavy atom. The maximum Gasteiger partial charge on any atom is 0.212 e. The van der Waals surface area contributed by atoms with Gasteiger partial charge in [0, 0.05) is 6.54 Å². The van der Waals surface area contributed by atoms with Crippen molar-refractivity contribution in [3.05, 3.63) is 35.9 Å². The van der Waals surface area contributed by atoms with Crippen molar-refractivity contribution in [3.8, 4) is 0 Å². The standard InChI is InChI=1S/C11H18N2O2S/c1-12-16(14,15)10-9-13-8-7-11-5-3-2-4-6-11/h2-6,12-13H,7-10H2,1H3. The van der Waals surface area contributed by atoms with Gasteiger partial charge in [0.2, 0.25) is 10.0 Å². The molecule has 0 amide bonds. The number of hydrogen-bond acceptors (Lipinski definition) is 3. The second-order valence-corrected chi connectivity index (χ2v) is 5.55. The molecule has 16 heavy (non-hydrogen) atoms. The molecule has 1 aromatic rings. The highest BCUT2D eigenvalue weighted by atomic mass is 32.2. The lowest BCUT2D eigenvalue weighted by atomic mass is 10.1. The van der Waals surface area contributed by atoms with Crippen molar-refractivity contribution in [2.75, 3.05) is 25.9 Å². The molecule has 0 aliphatic rings. The number of nitrogens with one attached hydrogen (secondary N) is 2. The zero-order valence-electron chi connectivity index (χ0n) is 9.44. The molecule has 0 bridgehead atoms. The maximum absolute atomic E-state index is 11.1. The van der Waals surface area contributed by atoms with Gasteiger partial charge in [0.15, 0.2) is 0 Å². The van der Waals surface area contributed by atoms with Crippen molar-refractivity contribution < 1.29 is 8.42 Å². The summed E-state index contributed by atoms with van der Waals surface area (Å²) in [5.41, 5.74) is 1.26. The van der Waals surface area contributed by atoms with Gasteiger partial charge in [-0.25, -0.2) is 13.1 Å². The fraction of sp³-hybridized carbons (Fsp3) is 0.455. The molecular weight excluding hydrogens is 224 g/mol. The Bertz CT molecular complexity index is 390. The smallest absolute Gasteiger partial charge is 0.212 e. The van der Waals surface area contributed by atoms with Crippen LogP contribution in [0.4, 0.5) is 0 Å². The van der Waals surface area contributed by atoms with Gasteiger partial charge in [-0.1, -0.05) is 30.3 Å². The molecule has 0 saturated heterocycles. The lowest BCUT2D eigenvalue weighted by Gasteiger charge is -2.05. The van der Waals surface area contributed by atoms with Crippen LogP contribution in [-0.2, 0) is 16.4 Å². The fourth-order valence-corrected chi connectivity index (χ4v) is 1.93. The first-order chi connectivity index (χ1) is 7.64. The van der Waals surface area contributed by atoms with Crippen LogP contribution < -0.4 is 10.0 Å². The molecule has 0 aliphatic heterocycles. The van der Waals surface area contributed by atoms with E-state index >= 15 is 0 Å². The van der Waals surface area contributed by atoms with Gasteiger partial charge in [0.25, 0.3) is 0 Å². The second kappa shape index (κ2) is 6.62. The van der Waals surface area contributed by atoms with E-state index in [4.69, 9.17) is 0 Å². The quantitative estimate of drug-likeness (QED) is 0.679. The van der Waals surface area contributed by atoms with Gasteiger partial charge in [-0.15, -0.1) is 0 Å². The van der Waals surface area contributed by atoms with Gasteiger partial charge in [0.1, 0.15) is 0 Å². The number of rotatable bonds is 7. The average Bonchev–Trinajstić information content (AvgIpc) is 2.30. The molecule has 2 N–H and O–H groups in total. The van der Waals surface area contributed by atoms with Crippen LogP contribution in [0.3, 0.4) is 0 Å². The molecule has 0 aliphatic carbocycles. The zero-order valence-corrected chi connectivity index (χ0v) is 10.3. The van der Waals surface area contributed by atoms with Crippen molar-refractivity contribution in [2.45, 2.75) is 6.42 Å². The normalized spacial score (nSPS) is 11.6. The third kappa shape index (κ3) is 5.25. The van der Waals surface area contributed by atoms with E-state index in [0.717, 1.165) is 13.0 Å². The molecule has 4 nitrogen and oxygen atoms in total. The van der Waals surface area contributed by atoms with E-state index in [-0.39, 0.29) is 5.75 Å². The molecule has 0 fully saturated rings. The van der Waals surface area contributed by atoms with Crippen LogP contribution in [-0.4, -0.2) is 34.3 Å². The van der Waals surface area contributed by atoms with Crippen LogP contribution in [0.25, 0.3) is 0 Å². The van der Waals surface area contributed by atoms with Crippen LogP contribution in [0.5, 0.6) is 0 Å². The summed E-state index contributed by atoms with van der Waals surface area (Å²) in [7, 11) is -1.65. The maximum atomic E-state index is 11.1. The highest BCUT2D eigenvalue weighted by molar-refractivity contribution is 7.89. The van der Waals surface area contributed by atoms with Gasteiger partial charge in [-0.2, -0.15) is 0 Å². The van der Waals surface area contributed by atoms with E-state index in [1.165, 1.54) is 12.6 Å². The van der Waals surface area contributed by atoms with Gasteiger partial charge in [-0.3, -0.25) is 0 Å². The molecule has 0 atom stereocenters. The molecular formula is C11H18N2O2S. The second-order valence-electron chi connectivity index (χ2n) is 3.51. The van der Waals surface area contributed by atoms with E-state index in [1.54, 1.807) is 0 Å². The molecule has 0 spiro atoms. The van der Waals surface area contributed by atoms with Crippen molar-refractivity contribution >= 4 is 10.0 Å². The van der Waals surface area contributed by atoms with E-state index < -0.39 is 10.0 Å². The molecule has 0 saturated carbocycles. The van der Waals surface area contributed by atoms with Crippen LogP contribution in [0.15, 0.2) is 30.3 Å². The number of sulfonamides is 1. The van der Waals surface area contributed by atoms with Crippen LogP contribution >= 0.6 is 0 Å². The summed E-state index contributed by atoms with van der Waals surface area (Å²) in [6.07, 6.45) is 0.917. The first-order valence-corrected chi connectivity index (χ1v) is 6.95. The van der Waals surface area contributed by atoms with E-state index in [0.29, 0.717) is 6.54 Å². The number of hydrogen-bond donors (Lipinski definition) is 2. The van der Waals surface area contributed by atoms with Gasteiger partial charge >= 0.3 is 0 Å².